The van der Waals surface area contributed by atoms with E-state index in [4.69, 9.17) is 4.74 Å². The summed E-state index contributed by atoms with van der Waals surface area (Å²) in [5.41, 5.74) is 1.38. The Hall–Kier alpha value is -0.860. The lowest BCUT2D eigenvalue weighted by atomic mass is 10.0. The fourth-order valence-electron chi connectivity index (χ4n) is 2.08. The van der Waals surface area contributed by atoms with E-state index in [0.29, 0.717) is 12.1 Å². The van der Waals surface area contributed by atoms with Crippen molar-refractivity contribution in [2.24, 2.45) is 0 Å². The molecule has 17 heavy (non-hydrogen) atoms. The normalized spacial score (nSPS) is 14.5. The van der Waals surface area contributed by atoms with Crippen LogP contribution in [-0.4, -0.2) is 19.8 Å². The zero-order valence-electron chi connectivity index (χ0n) is 11.3. The Labute approximate surface area is 105 Å². The molecule has 2 nitrogen and oxygen atoms in total. The minimum atomic E-state index is 0.391. The average Bonchev–Trinajstić information content (AvgIpc) is 2.36. The van der Waals surface area contributed by atoms with Crippen LogP contribution in [0.4, 0.5) is 0 Å². The number of benzene rings is 1. The highest BCUT2D eigenvalue weighted by Gasteiger charge is 2.13. The molecule has 2 heteroatoms. The van der Waals surface area contributed by atoms with Crippen molar-refractivity contribution >= 4 is 0 Å². The zero-order chi connectivity index (χ0) is 12.5. The summed E-state index contributed by atoms with van der Waals surface area (Å²) in [6, 6.07) is 11.5. The Balaban J connectivity index is 2.60. The van der Waals surface area contributed by atoms with E-state index in [2.05, 4.69) is 49.5 Å². The van der Waals surface area contributed by atoms with E-state index >= 15 is 0 Å². The second kappa shape index (κ2) is 8.26. The van der Waals surface area contributed by atoms with E-state index in [0.717, 1.165) is 6.61 Å². The number of methoxy groups -OCH3 is 1. The third-order valence-corrected chi connectivity index (χ3v) is 2.95. The van der Waals surface area contributed by atoms with Crippen LogP contribution < -0.4 is 5.32 Å². The Morgan fingerprint density at radius 1 is 1.24 bits per heavy atom. The van der Waals surface area contributed by atoms with Crippen LogP contribution in [0, 0.1) is 0 Å². The van der Waals surface area contributed by atoms with Gasteiger partial charge in [0.15, 0.2) is 0 Å². The topological polar surface area (TPSA) is 21.3 Å². The first-order valence-corrected chi connectivity index (χ1v) is 6.57. The molecule has 1 aromatic carbocycles. The van der Waals surface area contributed by atoms with E-state index in [9.17, 15) is 0 Å². The first-order valence-electron chi connectivity index (χ1n) is 6.57. The van der Waals surface area contributed by atoms with Gasteiger partial charge in [-0.1, -0.05) is 50.1 Å². The average molecular weight is 235 g/mol. The van der Waals surface area contributed by atoms with Crippen LogP contribution in [0.2, 0.25) is 0 Å². The molecule has 0 fully saturated rings. The third kappa shape index (κ3) is 5.33. The quantitative estimate of drug-likeness (QED) is 0.744. The fraction of sp³-hybridized carbons (Fsp3) is 0.600. The zero-order valence-corrected chi connectivity index (χ0v) is 11.3. The van der Waals surface area contributed by atoms with Crippen molar-refractivity contribution < 1.29 is 4.74 Å². The van der Waals surface area contributed by atoms with Gasteiger partial charge in [0, 0.05) is 19.2 Å². The maximum Gasteiger partial charge on any atom is 0.0613 e. The van der Waals surface area contributed by atoms with Gasteiger partial charge in [0.2, 0.25) is 0 Å². The van der Waals surface area contributed by atoms with Gasteiger partial charge in [0.05, 0.1) is 6.61 Å². The number of unbranched alkanes of at least 4 members (excludes halogenated alkanes) is 1. The SMILES string of the molecule is CCCCC(NC(C)COC)c1ccccc1. The molecule has 2 unspecified atom stereocenters. The fourth-order valence-corrected chi connectivity index (χ4v) is 2.08. The van der Waals surface area contributed by atoms with E-state index in [-0.39, 0.29) is 0 Å². The van der Waals surface area contributed by atoms with Crippen molar-refractivity contribution in [2.75, 3.05) is 13.7 Å². The highest BCUT2D eigenvalue weighted by atomic mass is 16.5. The number of nitrogens with one attached hydrogen (secondary N) is 1. The third-order valence-electron chi connectivity index (χ3n) is 2.95. The van der Waals surface area contributed by atoms with Crippen LogP contribution >= 0.6 is 0 Å². The van der Waals surface area contributed by atoms with Crippen LogP contribution in [0.5, 0.6) is 0 Å². The molecule has 0 heterocycles. The van der Waals surface area contributed by atoms with Gasteiger partial charge < -0.3 is 10.1 Å². The number of rotatable bonds is 8. The summed E-state index contributed by atoms with van der Waals surface area (Å²) >= 11 is 0. The molecular formula is C15H25NO. The van der Waals surface area contributed by atoms with Gasteiger partial charge in [0.25, 0.3) is 0 Å². The maximum absolute atomic E-state index is 5.18. The summed E-state index contributed by atoms with van der Waals surface area (Å²) < 4.78 is 5.18. The van der Waals surface area contributed by atoms with Crippen LogP contribution in [0.1, 0.15) is 44.7 Å². The molecular weight excluding hydrogens is 210 g/mol. The largest absolute Gasteiger partial charge is 0.383 e. The summed E-state index contributed by atoms with van der Waals surface area (Å²) in [5.74, 6) is 0. The first kappa shape index (κ1) is 14.2. The lowest BCUT2D eigenvalue weighted by molar-refractivity contribution is 0.165. The van der Waals surface area contributed by atoms with Crippen LogP contribution in [0.3, 0.4) is 0 Å². The minimum Gasteiger partial charge on any atom is -0.383 e. The second-order valence-corrected chi connectivity index (χ2v) is 4.63. The molecule has 1 rings (SSSR count). The van der Waals surface area contributed by atoms with E-state index in [1.54, 1.807) is 7.11 Å². The minimum absolute atomic E-state index is 0.391. The maximum atomic E-state index is 5.18. The van der Waals surface area contributed by atoms with E-state index in [1.807, 2.05) is 0 Å². The summed E-state index contributed by atoms with van der Waals surface area (Å²) in [6.07, 6.45) is 3.69. The standard InChI is InChI=1S/C15H25NO/c1-4-5-11-15(16-13(2)12-17-3)14-9-7-6-8-10-14/h6-10,13,15-16H,4-5,11-12H2,1-3H3. The van der Waals surface area contributed by atoms with Crippen molar-refractivity contribution in [1.82, 2.24) is 5.32 Å². The lowest BCUT2D eigenvalue weighted by Gasteiger charge is -2.23. The van der Waals surface area contributed by atoms with Gasteiger partial charge in [-0.05, 0) is 18.9 Å². The number of hydrogen-bond acceptors (Lipinski definition) is 2. The summed E-state index contributed by atoms with van der Waals surface area (Å²) in [5, 5.41) is 3.64. The first-order chi connectivity index (χ1) is 8.27. The molecule has 1 N–H and O–H groups in total. The van der Waals surface area contributed by atoms with Gasteiger partial charge in [0.1, 0.15) is 0 Å². The molecule has 0 saturated carbocycles. The predicted octanol–water partition coefficient (Wildman–Crippen LogP) is 3.54. The van der Waals surface area contributed by atoms with Crippen LogP contribution in [-0.2, 0) is 4.74 Å². The second-order valence-electron chi connectivity index (χ2n) is 4.63. The van der Waals surface area contributed by atoms with E-state index < -0.39 is 0 Å². The molecule has 0 spiro atoms. The number of ether oxygens (including phenoxy) is 1. The molecule has 1 aromatic rings. The molecule has 0 bridgehead atoms. The predicted molar refractivity (Wildman–Crippen MR) is 73.2 cm³/mol. The summed E-state index contributed by atoms with van der Waals surface area (Å²) in [7, 11) is 1.75. The van der Waals surface area contributed by atoms with Crippen LogP contribution in [0.25, 0.3) is 0 Å². The van der Waals surface area contributed by atoms with Gasteiger partial charge in [-0.15, -0.1) is 0 Å². The molecule has 0 radical (unpaired) electrons. The van der Waals surface area contributed by atoms with Gasteiger partial charge >= 0.3 is 0 Å². The summed E-state index contributed by atoms with van der Waals surface area (Å²) in [6.45, 7) is 5.17. The monoisotopic (exact) mass is 235 g/mol. The van der Waals surface area contributed by atoms with Crippen molar-refractivity contribution in [1.29, 1.82) is 0 Å². The molecule has 0 saturated heterocycles. The number of hydrogen-bond donors (Lipinski definition) is 1. The molecule has 0 amide bonds. The van der Waals surface area contributed by atoms with E-state index in [1.165, 1.54) is 24.8 Å². The molecule has 0 aliphatic heterocycles. The van der Waals surface area contributed by atoms with Crippen molar-refractivity contribution in [2.45, 2.75) is 45.2 Å². The molecule has 0 aliphatic rings. The highest BCUT2D eigenvalue weighted by Crippen LogP contribution is 2.19. The highest BCUT2D eigenvalue weighted by molar-refractivity contribution is 5.18. The van der Waals surface area contributed by atoms with Gasteiger partial charge in [-0.2, -0.15) is 0 Å². The van der Waals surface area contributed by atoms with Crippen molar-refractivity contribution in [3.63, 3.8) is 0 Å². The smallest absolute Gasteiger partial charge is 0.0613 e. The van der Waals surface area contributed by atoms with Crippen LogP contribution in [0.15, 0.2) is 30.3 Å². The van der Waals surface area contributed by atoms with Crippen molar-refractivity contribution in [3.05, 3.63) is 35.9 Å². The molecule has 0 aliphatic carbocycles. The summed E-state index contributed by atoms with van der Waals surface area (Å²) in [4.78, 5) is 0. The van der Waals surface area contributed by atoms with Crippen molar-refractivity contribution in [3.8, 4) is 0 Å². The molecule has 2 atom stereocenters. The Bertz CT molecular complexity index is 286. The molecule has 0 aromatic heterocycles. The Kier molecular flexibility index (Phi) is 6.90. The lowest BCUT2D eigenvalue weighted by Crippen LogP contribution is -2.33. The Morgan fingerprint density at radius 2 is 1.94 bits per heavy atom. The van der Waals surface area contributed by atoms with Gasteiger partial charge in [-0.3, -0.25) is 0 Å². The Morgan fingerprint density at radius 3 is 2.53 bits per heavy atom. The molecule has 96 valence electrons. The van der Waals surface area contributed by atoms with Gasteiger partial charge in [-0.25, -0.2) is 0 Å².